The Balaban J connectivity index is 1.89. The lowest BCUT2D eigenvalue weighted by molar-refractivity contribution is 0.211. The topological polar surface area (TPSA) is 53.7 Å². The Hall–Kier alpha value is -1.62. The number of rotatable bonds is 8. The van der Waals surface area contributed by atoms with Gasteiger partial charge in [-0.2, -0.15) is 0 Å². The highest BCUT2D eigenvalue weighted by atomic mass is 35.5. The van der Waals surface area contributed by atoms with Crippen molar-refractivity contribution >= 4 is 23.2 Å². The highest BCUT2D eigenvalue weighted by Crippen LogP contribution is 2.29. The predicted octanol–water partition coefficient (Wildman–Crippen LogP) is 3.96. The maximum absolute atomic E-state index is 6.03. The zero-order chi connectivity index (χ0) is 16.7. The molecule has 2 aromatic rings. The lowest BCUT2D eigenvalue weighted by Gasteiger charge is -2.13. The van der Waals surface area contributed by atoms with Crippen molar-refractivity contribution in [3.63, 3.8) is 0 Å². The molecule has 2 N–H and O–H groups in total. The third-order valence-electron chi connectivity index (χ3n) is 3.15. The summed E-state index contributed by atoms with van der Waals surface area (Å²) in [5.74, 6) is 1.87. The van der Waals surface area contributed by atoms with Crippen LogP contribution in [0.4, 0.5) is 0 Å². The average Bonchev–Trinajstić information content (AvgIpc) is 2.55. The third-order valence-corrected chi connectivity index (χ3v) is 3.70. The molecule has 23 heavy (non-hydrogen) atoms. The standard InChI is InChI=1S/C17H19Cl2NO3/c1-21-17-10-12(6-7-20)2-5-15(17)22-8-9-23-16-11-13(18)3-4-14(16)19/h2-5,10-11H,6-9,20H2,1H3. The first-order valence-electron chi connectivity index (χ1n) is 7.21. The molecule has 0 unspecified atom stereocenters. The van der Waals surface area contributed by atoms with Crippen LogP contribution in [0.25, 0.3) is 0 Å². The first-order valence-corrected chi connectivity index (χ1v) is 7.97. The van der Waals surface area contributed by atoms with E-state index in [2.05, 4.69) is 0 Å². The van der Waals surface area contributed by atoms with Crippen LogP contribution in [0.5, 0.6) is 17.2 Å². The Morgan fingerprint density at radius 3 is 2.35 bits per heavy atom. The number of ether oxygens (including phenoxy) is 3. The molecule has 0 heterocycles. The highest BCUT2D eigenvalue weighted by molar-refractivity contribution is 6.34. The van der Waals surface area contributed by atoms with Gasteiger partial charge in [0.1, 0.15) is 19.0 Å². The van der Waals surface area contributed by atoms with Gasteiger partial charge in [-0.05, 0) is 42.8 Å². The Labute approximate surface area is 146 Å². The first kappa shape index (κ1) is 17.7. The largest absolute Gasteiger partial charge is 0.493 e. The number of benzene rings is 2. The second-order valence-electron chi connectivity index (χ2n) is 4.80. The molecule has 0 amide bonds. The van der Waals surface area contributed by atoms with E-state index in [4.69, 9.17) is 43.1 Å². The molecule has 6 heteroatoms. The second-order valence-corrected chi connectivity index (χ2v) is 5.64. The Bertz CT molecular complexity index is 650. The van der Waals surface area contributed by atoms with Gasteiger partial charge in [-0.15, -0.1) is 0 Å². The van der Waals surface area contributed by atoms with Gasteiger partial charge in [0.25, 0.3) is 0 Å². The minimum absolute atomic E-state index is 0.341. The summed E-state index contributed by atoms with van der Waals surface area (Å²) in [4.78, 5) is 0. The van der Waals surface area contributed by atoms with Crippen molar-refractivity contribution in [2.45, 2.75) is 6.42 Å². The van der Waals surface area contributed by atoms with Gasteiger partial charge in [-0.3, -0.25) is 0 Å². The smallest absolute Gasteiger partial charge is 0.161 e. The van der Waals surface area contributed by atoms with E-state index in [0.29, 0.717) is 47.1 Å². The lowest BCUT2D eigenvalue weighted by atomic mass is 10.1. The predicted molar refractivity (Wildman–Crippen MR) is 93.2 cm³/mol. The van der Waals surface area contributed by atoms with E-state index in [1.54, 1.807) is 25.3 Å². The summed E-state index contributed by atoms with van der Waals surface area (Å²) in [6.07, 6.45) is 0.799. The molecule has 0 fully saturated rings. The molecule has 0 atom stereocenters. The van der Waals surface area contributed by atoms with Crippen LogP contribution in [-0.2, 0) is 6.42 Å². The van der Waals surface area contributed by atoms with Crippen molar-refractivity contribution in [1.82, 2.24) is 0 Å². The molecule has 0 spiro atoms. The lowest BCUT2D eigenvalue weighted by Crippen LogP contribution is -2.10. The molecule has 0 radical (unpaired) electrons. The Kier molecular flexibility index (Phi) is 6.84. The fourth-order valence-electron chi connectivity index (χ4n) is 2.04. The van der Waals surface area contributed by atoms with Gasteiger partial charge in [-0.25, -0.2) is 0 Å². The Morgan fingerprint density at radius 1 is 0.913 bits per heavy atom. The SMILES string of the molecule is COc1cc(CCN)ccc1OCCOc1cc(Cl)ccc1Cl. The summed E-state index contributed by atoms with van der Waals surface area (Å²) in [7, 11) is 1.61. The van der Waals surface area contributed by atoms with Crippen LogP contribution in [0.2, 0.25) is 10.0 Å². The van der Waals surface area contributed by atoms with Crippen LogP contribution >= 0.6 is 23.2 Å². The molecule has 0 aliphatic rings. The summed E-state index contributed by atoms with van der Waals surface area (Å²) < 4.78 is 16.6. The quantitative estimate of drug-likeness (QED) is 0.728. The average molecular weight is 356 g/mol. The normalized spacial score (nSPS) is 10.4. The van der Waals surface area contributed by atoms with Crippen molar-refractivity contribution < 1.29 is 14.2 Å². The van der Waals surface area contributed by atoms with Gasteiger partial charge in [-0.1, -0.05) is 29.3 Å². The molecular formula is C17H19Cl2NO3. The summed E-state index contributed by atoms with van der Waals surface area (Å²) in [5.41, 5.74) is 6.67. The summed E-state index contributed by atoms with van der Waals surface area (Å²) in [5, 5.41) is 1.08. The summed E-state index contributed by atoms with van der Waals surface area (Å²) in [6.45, 7) is 1.29. The van der Waals surface area contributed by atoms with Gasteiger partial charge in [0.05, 0.1) is 12.1 Å². The minimum Gasteiger partial charge on any atom is -0.493 e. The summed E-state index contributed by atoms with van der Waals surface area (Å²) >= 11 is 11.9. The molecule has 2 rings (SSSR count). The Morgan fingerprint density at radius 2 is 1.65 bits per heavy atom. The fraction of sp³-hybridized carbons (Fsp3) is 0.294. The van der Waals surface area contributed by atoms with Crippen LogP contribution in [-0.4, -0.2) is 26.9 Å². The molecular weight excluding hydrogens is 337 g/mol. The van der Waals surface area contributed by atoms with Crippen LogP contribution in [0.15, 0.2) is 36.4 Å². The molecule has 0 aliphatic heterocycles. The van der Waals surface area contributed by atoms with Gasteiger partial charge in [0, 0.05) is 11.1 Å². The monoisotopic (exact) mass is 355 g/mol. The fourth-order valence-corrected chi connectivity index (χ4v) is 2.38. The zero-order valence-corrected chi connectivity index (χ0v) is 14.4. The van der Waals surface area contributed by atoms with E-state index in [9.17, 15) is 0 Å². The van der Waals surface area contributed by atoms with Crippen molar-refractivity contribution in [1.29, 1.82) is 0 Å². The maximum atomic E-state index is 6.03. The molecule has 0 saturated heterocycles. The van der Waals surface area contributed by atoms with Crippen molar-refractivity contribution in [2.75, 3.05) is 26.9 Å². The van der Waals surface area contributed by atoms with Crippen LogP contribution < -0.4 is 19.9 Å². The first-order chi connectivity index (χ1) is 11.1. The molecule has 0 aromatic heterocycles. The van der Waals surface area contributed by atoms with Gasteiger partial charge in [0.2, 0.25) is 0 Å². The number of methoxy groups -OCH3 is 1. The van der Waals surface area contributed by atoms with E-state index in [0.717, 1.165) is 12.0 Å². The zero-order valence-electron chi connectivity index (χ0n) is 12.9. The van der Waals surface area contributed by atoms with Gasteiger partial charge < -0.3 is 19.9 Å². The van der Waals surface area contributed by atoms with E-state index in [1.807, 2.05) is 18.2 Å². The van der Waals surface area contributed by atoms with Gasteiger partial charge >= 0.3 is 0 Å². The molecule has 0 saturated carbocycles. The molecule has 2 aromatic carbocycles. The molecule has 4 nitrogen and oxygen atoms in total. The summed E-state index contributed by atoms with van der Waals surface area (Å²) in [6, 6.07) is 10.8. The van der Waals surface area contributed by atoms with Crippen LogP contribution in [0, 0.1) is 0 Å². The van der Waals surface area contributed by atoms with Crippen molar-refractivity contribution in [2.24, 2.45) is 5.73 Å². The van der Waals surface area contributed by atoms with Crippen LogP contribution in [0.1, 0.15) is 5.56 Å². The van der Waals surface area contributed by atoms with Crippen LogP contribution in [0.3, 0.4) is 0 Å². The van der Waals surface area contributed by atoms with E-state index >= 15 is 0 Å². The second kappa shape index (κ2) is 8.87. The van der Waals surface area contributed by atoms with E-state index < -0.39 is 0 Å². The maximum Gasteiger partial charge on any atom is 0.161 e. The van der Waals surface area contributed by atoms with E-state index in [1.165, 1.54) is 0 Å². The van der Waals surface area contributed by atoms with Crippen molar-refractivity contribution in [3.05, 3.63) is 52.0 Å². The number of nitrogens with two attached hydrogens (primary N) is 1. The number of halogens is 2. The third kappa shape index (κ3) is 5.20. The molecule has 124 valence electrons. The number of hydrogen-bond donors (Lipinski definition) is 1. The minimum atomic E-state index is 0.341. The van der Waals surface area contributed by atoms with E-state index in [-0.39, 0.29) is 0 Å². The van der Waals surface area contributed by atoms with Crippen molar-refractivity contribution in [3.8, 4) is 17.2 Å². The van der Waals surface area contributed by atoms with Gasteiger partial charge in [0.15, 0.2) is 11.5 Å². The highest BCUT2D eigenvalue weighted by Gasteiger charge is 2.07. The molecule has 0 bridgehead atoms. The molecule has 0 aliphatic carbocycles. The number of hydrogen-bond acceptors (Lipinski definition) is 4.